The van der Waals surface area contributed by atoms with Gasteiger partial charge >= 0.3 is 0 Å². The summed E-state index contributed by atoms with van der Waals surface area (Å²) in [4.78, 5) is 36.0. The lowest BCUT2D eigenvalue weighted by molar-refractivity contribution is -0.132. The Hall–Kier alpha value is -3.82. The van der Waals surface area contributed by atoms with Gasteiger partial charge in [-0.25, -0.2) is 4.39 Å². The van der Waals surface area contributed by atoms with E-state index < -0.39 is 36.2 Å². The molecule has 160 valence electrons. The summed E-state index contributed by atoms with van der Waals surface area (Å²) in [5.74, 6) is -1.76. The number of carbonyl (C=O) groups is 3. The van der Waals surface area contributed by atoms with Crippen molar-refractivity contribution in [2.45, 2.75) is 13.0 Å². The number of ether oxygens (including phenoxy) is 3. The van der Waals surface area contributed by atoms with Crippen LogP contribution in [0, 0.1) is 5.82 Å². The lowest BCUT2D eigenvalue weighted by Gasteiger charge is -2.15. The van der Waals surface area contributed by atoms with Crippen molar-refractivity contribution >= 4 is 17.7 Å². The summed E-state index contributed by atoms with van der Waals surface area (Å²) < 4.78 is 29.0. The van der Waals surface area contributed by atoms with E-state index in [9.17, 15) is 18.8 Å². The monoisotopic (exact) mass is 419 g/mol. The summed E-state index contributed by atoms with van der Waals surface area (Å²) >= 11 is 0. The highest BCUT2D eigenvalue weighted by Crippen LogP contribution is 2.27. The number of hydrogen-bond donors (Lipinski definition) is 3. The molecule has 0 heterocycles. The Morgan fingerprint density at radius 1 is 0.967 bits per heavy atom. The fraction of sp³-hybridized carbons (Fsp3) is 0.250. The van der Waals surface area contributed by atoms with Gasteiger partial charge in [0.15, 0.2) is 29.2 Å². The number of hydrazine groups is 1. The fourth-order valence-corrected chi connectivity index (χ4v) is 2.30. The molecule has 0 saturated heterocycles. The molecule has 0 bridgehead atoms. The molecule has 3 amide bonds. The van der Waals surface area contributed by atoms with E-state index in [4.69, 9.17) is 14.2 Å². The number of hydrogen-bond acceptors (Lipinski definition) is 6. The molecular formula is C20H22FN3O6. The van der Waals surface area contributed by atoms with E-state index in [2.05, 4.69) is 16.2 Å². The number of amides is 3. The molecule has 0 aliphatic rings. The zero-order valence-corrected chi connectivity index (χ0v) is 16.7. The summed E-state index contributed by atoms with van der Waals surface area (Å²) in [6.45, 7) is 1.00. The first kappa shape index (κ1) is 22.5. The number of halogens is 1. The van der Waals surface area contributed by atoms with Gasteiger partial charge in [0.2, 0.25) is 0 Å². The van der Waals surface area contributed by atoms with Crippen LogP contribution in [-0.4, -0.2) is 44.6 Å². The van der Waals surface area contributed by atoms with Crippen molar-refractivity contribution in [1.29, 1.82) is 0 Å². The first-order valence-electron chi connectivity index (χ1n) is 8.85. The maximum Gasteiger partial charge on any atom is 0.279 e. The highest BCUT2D eigenvalue weighted by Gasteiger charge is 2.17. The van der Waals surface area contributed by atoms with Gasteiger partial charge < -0.3 is 19.5 Å². The highest BCUT2D eigenvalue weighted by atomic mass is 19.1. The topological polar surface area (TPSA) is 115 Å². The predicted molar refractivity (Wildman–Crippen MR) is 105 cm³/mol. The molecule has 9 nitrogen and oxygen atoms in total. The highest BCUT2D eigenvalue weighted by molar-refractivity contribution is 5.97. The normalized spacial score (nSPS) is 11.1. The van der Waals surface area contributed by atoms with Gasteiger partial charge in [-0.15, -0.1) is 0 Å². The minimum atomic E-state index is -1.07. The van der Waals surface area contributed by atoms with Crippen molar-refractivity contribution in [3.8, 4) is 17.2 Å². The largest absolute Gasteiger partial charge is 0.493 e. The SMILES string of the molecule is COc1ccc(C(=O)NCC(=O)NNC(=O)[C@@H](C)Oc2ccccc2F)cc1OC. The Morgan fingerprint density at radius 2 is 1.67 bits per heavy atom. The smallest absolute Gasteiger partial charge is 0.279 e. The quantitative estimate of drug-likeness (QED) is 0.554. The molecule has 2 aromatic carbocycles. The number of rotatable bonds is 8. The second-order valence-electron chi connectivity index (χ2n) is 5.98. The Balaban J connectivity index is 1.79. The zero-order valence-electron chi connectivity index (χ0n) is 16.7. The zero-order chi connectivity index (χ0) is 22.1. The van der Waals surface area contributed by atoms with Crippen molar-refractivity contribution in [3.05, 3.63) is 53.8 Å². The molecule has 10 heteroatoms. The van der Waals surface area contributed by atoms with Crippen LogP contribution in [0.4, 0.5) is 4.39 Å². The van der Waals surface area contributed by atoms with Crippen LogP contribution in [0.2, 0.25) is 0 Å². The van der Waals surface area contributed by atoms with Gasteiger partial charge in [-0.05, 0) is 37.3 Å². The fourth-order valence-electron chi connectivity index (χ4n) is 2.30. The predicted octanol–water partition coefficient (Wildman–Crippen LogP) is 1.19. The van der Waals surface area contributed by atoms with Gasteiger partial charge in [-0.1, -0.05) is 12.1 Å². The average molecular weight is 419 g/mol. The van der Waals surface area contributed by atoms with E-state index >= 15 is 0 Å². The maximum atomic E-state index is 13.6. The molecule has 0 saturated carbocycles. The molecule has 0 aliphatic carbocycles. The second kappa shape index (κ2) is 10.6. The van der Waals surface area contributed by atoms with Crippen molar-refractivity contribution in [2.75, 3.05) is 20.8 Å². The van der Waals surface area contributed by atoms with Crippen LogP contribution in [0.5, 0.6) is 17.2 Å². The summed E-state index contributed by atoms with van der Waals surface area (Å²) in [5, 5.41) is 2.41. The molecule has 0 radical (unpaired) electrons. The molecule has 30 heavy (non-hydrogen) atoms. The van der Waals surface area contributed by atoms with Gasteiger partial charge in [0, 0.05) is 5.56 Å². The van der Waals surface area contributed by atoms with E-state index in [1.54, 1.807) is 12.1 Å². The molecule has 0 aliphatic heterocycles. The number of carbonyl (C=O) groups excluding carboxylic acids is 3. The van der Waals surface area contributed by atoms with Crippen molar-refractivity contribution < 1.29 is 33.0 Å². The number of nitrogens with one attached hydrogen (secondary N) is 3. The van der Waals surface area contributed by atoms with Crippen LogP contribution in [0.1, 0.15) is 17.3 Å². The minimum Gasteiger partial charge on any atom is -0.493 e. The first-order valence-corrected chi connectivity index (χ1v) is 8.85. The van der Waals surface area contributed by atoms with Crippen LogP contribution in [0.3, 0.4) is 0 Å². The summed E-state index contributed by atoms with van der Waals surface area (Å²) in [6, 6.07) is 10.2. The third-order valence-electron chi connectivity index (χ3n) is 3.89. The van der Waals surface area contributed by atoms with Gasteiger partial charge in [0.1, 0.15) is 0 Å². The van der Waals surface area contributed by atoms with Gasteiger partial charge in [-0.3, -0.25) is 25.2 Å². The lowest BCUT2D eigenvalue weighted by atomic mass is 10.2. The first-order chi connectivity index (χ1) is 14.3. The molecule has 0 fully saturated rings. The molecule has 1 atom stereocenters. The number of benzene rings is 2. The number of methoxy groups -OCH3 is 2. The minimum absolute atomic E-state index is 0.0892. The molecule has 0 spiro atoms. The third kappa shape index (κ3) is 6.09. The maximum absolute atomic E-state index is 13.6. The molecular weight excluding hydrogens is 397 g/mol. The third-order valence-corrected chi connectivity index (χ3v) is 3.89. The number of para-hydroxylation sites is 1. The molecule has 3 N–H and O–H groups in total. The van der Waals surface area contributed by atoms with Crippen LogP contribution in [0.15, 0.2) is 42.5 Å². The summed E-state index contributed by atoms with van der Waals surface area (Å²) in [7, 11) is 2.91. The Labute approximate surface area is 172 Å². The van der Waals surface area contributed by atoms with Crippen LogP contribution in [-0.2, 0) is 9.59 Å². The van der Waals surface area contributed by atoms with Crippen LogP contribution in [0.25, 0.3) is 0 Å². The van der Waals surface area contributed by atoms with E-state index in [0.717, 1.165) is 0 Å². The summed E-state index contributed by atoms with van der Waals surface area (Å²) in [6.07, 6.45) is -1.07. The molecule has 0 aromatic heterocycles. The Bertz CT molecular complexity index is 921. The van der Waals surface area contributed by atoms with Gasteiger partial charge in [0.05, 0.1) is 20.8 Å². The second-order valence-corrected chi connectivity index (χ2v) is 5.98. The lowest BCUT2D eigenvalue weighted by Crippen LogP contribution is -2.50. The average Bonchev–Trinajstić information content (AvgIpc) is 2.76. The van der Waals surface area contributed by atoms with Crippen molar-refractivity contribution in [3.63, 3.8) is 0 Å². The summed E-state index contributed by atoms with van der Waals surface area (Å²) in [5.41, 5.74) is 4.55. The van der Waals surface area contributed by atoms with Gasteiger partial charge in [-0.2, -0.15) is 0 Å². The van der Waals surface area contributed by atoms with Crippen molar-refractivity contribution in [1.82, 2.24) is 16.2 Å². The molecule has 2 aromatic rings. The van der Waals surface area contributed by atoms with Crippen LogP contribution >= 0.6 is 0 Å². The van der Waals surface area contributed by atoms with E-state index in [1.807, 2.05) is 0 Å². The standard InChI is InChI=1S/C20H22FN3O6/c1-12(30-15-7-5-4-6-14(15)21)19(26)24-23-18(25)11-22-20(27)13-8-9-16(28-2)17(10-13)29-3/h4-10,12H,11H2,1-3H3,(H,22,27)(H,23,25)(H,24,26)/t12-/m1/s1. The van der Waals surface area contributed by atoms with E-state index in [-0.39, 0.29) is 11.3 Å². The van der Waals surface area contributed by atoms with Gasteiger partial charge in [0.25, 0.3) is 17.7 Å². The Morgan fingerprint density at radius 3 is 2.33 bits per heavy atom. The van der Waals surface area contributed by atoms with E-state index in [1.165, 1.54) is 51.5 Å². The van der Waals surface area contributed by atoms with E-state index in [0.29, 0.717) is 11.5 Å². The van der Waals surface area contributed by atoms with Crippen molar-refractivity contribution in [2.24, 2.45) is 0 Å². The molecule has 2 rings (SSSR count). The van der Waals surface area contributed by atoms with Crippen LogP contribution < -0.4 is 30.4 Å². The molecule has 0 unspecified atom stereocenters. The Kier molecular flexibility index (Phi) is 7.98.